The zero-order valence-corrected chi connectivity index (χ0v) is 13.9. The van der Waals surface area contributed by atoms with E-state index in [4.69, 9.17) is 4.74 Å². The van der Waals surface area contributed by atoms with Crippen molar-refractivity contribution in [2.75, 3.05) is 13.2 Å². The first-order valence-corrected chi connectivity index (χ1v) is 8.94. The average molecular weight is 324 g/mol. The molecule has 4 heteroatoms. The molecule has 2 heterocycles. The standard InChI is InChI=1S/C20H24N2O2/c23-20-8-7-17(13-22-20)15-3-1-14(2-4-15)16-5-6-18-12-21-9-10-24-19(18)11-16/h5-8,11,13-15,21H,1-4,9-10,12H2,(H,22,23). The molecule has 2 aromatic rings. The number of rotatable bonds is 2. The Hall–Kier alpha value is -2.07. The summed E-state index contributed by atoms with van der Waals surface area (Å²) in [6.45, 7) is 2.55. The van der Waals surface area contributed by atoms with Crippen LogP contribution in [0, 0.1) is 0 Å². The Kier molecular flexibility index (Phi) is 4.39. The molecule has 0 unspecified atom stereocenters. The van der Waals surface area contributed by atoms with Crippen LogP contribution in [-0.4, -0.2) is 18.1 Å². The molecule has 126 valence electrons. The fourth-order valence-electron chi connectivity index (χ4n) is 4.00. The Morgan fingerprint density at radius 2 is 1.71 bits per heavy atom. The molecule has 2 N–H and O–H groups in total. The summed E-state index contributed by atoms with van der Waals surface area (Å²) in [7, 11) is 0. The molecule has 0 spiro atoms. The average Bonchev–Trinajstić information content (AvgIpc) is 2.87. The van der Waals surface area contributed by atoms with Crippen LogP contribution < -0.4 is 15.6 Å². The minimum Gasteiger partial charge on any atom is -0.492 e. The van der Waals surface area contributed by atoms with Gasteiger partial charge in [-0.3, -0.25) is 4.79 Å². The van der Waals surface area contributed by atoms with Gasteiger partial charge in [0.05, 0.1) is 0 Å². The molecular formula is C20H24N2O2. The van der Waals surface area contributed by atoms with Crippen LogP contribution in [0.4, 0.5) is 0 Å². The van der Waals surface area contributed by atoms with Crippen molar-refractivity contribution >= 4 is 0 Å². The third kappa shape index (κ3) is 3.24. The van der Waals surface area contributed by atoms with Crippen LogP contribution in [0.3, 0.4) is 0 Å². The van der Waals surface area contributed by atoms with Crippen molar-refractivity contribution in [1.82, 2.24) is 10.3 Å². The summed E-state index contributed by atoms with van der Waals surface area (Å²) in [5.41, 5.74) is 3.92. The third-order valence-corrected chi connectivity index (χ3v) is 5.42. The predicted octanol–water partition coefficient (Wildman–Crippen LogP) is 3.30. The molecule has 0 bridgehead atoms. The Morgan fingerprint density at radius 3 is 2.46 bits per heavy atom. The molecule has 4 rings (SSSR count). The first-order valence-electron chi connectivity index (χ1n) is 8.94. The van der Waals surface area contributed by atoms with E-state index in [0.29, 0.717) is 11.8 Å². The van der Waals surface area contributed by atoms with Crippen molar-refractivity contribution in [2.24, 2.45) is 0 Å². The van der Waals surface area contributed by atoms with Gasteiger partial charge in [-0.25, -0.2) is 0 Å². The Morgan fingerprint density at radius 1 is 0.958 bits per heavy atom. The van der Waals surface area contributed by atoms with E-state index in [2.05, 4.69) is 28.5 Å². The van der Waals surface area contributed by atoms with Crippen LogP contribution in [0.2, 0.25) is 0 Å². The Balaban J connectivity index is 1.45. The highest BCUT2D eigenvalue weighted by Gasteiger charge is 2.24. The number of fused-ring (bicyclic) bond motifs is 1. The lowest BCUT2D eigenvalue weighted by atomic mass is 9.76. The highest BCUT2D eigenvalue weighted by Crippen LogP contribution is 2.41. The van der Waals surface area contributed by atoms with Gasteiger partial charge in [-0.2, -0.15) is 0 Å². The summed E-state index contributed by atoms with van der Waals surface area (Å²) < 4.78 is 5.89. The SMILES string of the molecule is O=c1ccc(C2CCC(c3ccc4c(c3)OCCNC4)CC2)c[nH]1. The lowest BCUT2D eigenvalue weighted by Crippen LogP contribution is -2.16. The van der Waals surface area contributed by atoms with Gasteiger partial charge in [-0.15, -0.1) is 0 Å². The number of hydrogen-bond donors (Lipinski definition) is 2. The van der Waals surface area contributed by atoms with Gasteiger partial charge in [0.15, 0.2) is 0 Å². The number of ether oxygens (including phenoxy) is 1. The van der Waals surface area contributed by atoms with E-state index in [9.17, 15) is 4.79 Å². The summed E-state index contributed by atoms with van der Waals surface area (Å²) >= 11 is 0. The van der Waals surface area contributed by atoms with Gasteiger partial charge in [-0.05, 0) is 54.7 Å². The van der Waals surface area contributed by atoms with E-state index in [1.807, 2.05) is 12.3 Å². The van der Waals surface area contributed by atoms with Crippen LogP contribution in [0.25, 0.3) is 0 Å². The first-order chi connectivity index (χ1) is 11.8. The summed E-state index contributed by atoms with van der Waals surface area (Å²) in [6.07, 6.45) is 6.63. The molecule has 1 aliphatic heterocycles. The molecule has 1 aliphatic carbocycles. The van der Waals surface area contributed by atoms with Gasteiger partial charge in [0.2, 0.25) is 5.56 Å². The number of hydrogen-bond acceptors (Lipinski definition) is 3. The van der Waals surface area contributed by atoms with Crippen molar-refractivity contribution in [3.05, 3.63) is 63.6 Å². The van der Waals surface area contributed by atoms with Crippen LogP contribution in [0.15, 0.2) is 41.3 Å². The summed E-state index contributed by atoms with van der Waals surface area (Å²) in [5, 5.41) is 3.38. The smallest absolute Gasteiger partial charge is 0.247 e. The molecule has 1 fully saturated rings. The second-order valence-corrected chi connectivity index (χ2v) is 6.93. The van der Waals surface area contributed by atoms with Crippen molar-refractivity contribution in [1.29, 1.82) is 0 Å². The predicted molar refractivity (Wildman–Crippen MR) is 94.7 cm³/mol. The second kappa shape index (κ2) is 6.81. The van der Waals surface area contributed by atoms with Crippen molar-refractivity contribution in [2.45, 2.75) is 44.1 Å². The van der Waals surface area contributed by atoms with Crippen LogP contribution in [0.5, 0.6) is 5.75 Å². The molecule has 0 saturated heterocycles. The summed E-state index contributed by atoms with van der Waals surface area (Å²) in [4.78, 5) is 14.0. The van der Waals surface area contributed by atoms with Crippen molar-refractivity contribution in [3.8, 4) is 5.75 Å². The van der Waals surface area contributed by atoms with E-state index in [-0.39, 0.29) is 5.56 Å². The van der Waals surface area contributed by atoms with E-state index < -0.39 is 0 Å². The zero-order valence-electron chi connectivity index (χ0n) is 13.9. The highest BCUT2D eigenvalue weighted by molar-refractivity contribution is 5.39. The molecule has 0 radical (unpaired) electrons. The van der Waals surface area contributed by atoms with Crippen molar-refractivity contribution in [3.63, 3.8) is 0 Å². The third-order valence-electron chi connectivity index (χ3n) is 5.42. The summed E-state index contributed by atoms with van der Waals surface area (Å²) in [5.74, 6) is 2.24. The van der Waals surface area contributed by atoms with E-state index in [0.717, 1.165) is 25.4 Å². The fourth-order valence-corrected chi connectivity index (χ4v) is 4.00. The minimum absolute atomic E-state index is 0.0214. The first kappa shape index (κ1) is 15.5. The molecule has 1 aromatic carbocycles. The lowest BCUT2D eigenvalue weighted by molar-refractivity contribution is 0.324. The van der Waals surface area contributed by atoms with Gasteiger partial charge in [0.1, 0.15) is 12.4 Å². The maximum absolute atomic E-state index is 11.2. The number of aromatic nitrogens is 1. The van der Waals surface area contributed by atoms with E-state index in [1.165, 1.54) is 42.4 Å². The van der Waals surface area contributed by atoms with Gasteiger partial charge in [-0.1, -0.05) is 18.2 Å². The largest absolute Gasteiger partial charge is 0.492 e. The molecular weight excluding hydrogens is 300 g/mol. The van der Waals surface area contributed by atoms with Crippen LogP contribution >= 0.6 is 0 Å². The van der Waals surface area contributed by atoms with Crippen molar-refractivity contribution < 1.29 is 4.74 Å². The van der Waals surface area contributed by atoms with Gasteiger partial charge < -0.3 is 15.0 Å². The van der Waals surface area contributed by atoms with E-state index in [1.54, 1.807) is 6.07 Å². The second-order valence-electron chi connectivity index (χ2n) is 6.93. The number of H-pyrrole nitrogens is 1. The molecule has 4 nitrogen and oxygen atoms in total. The maximum atomic E-state index is 11.2. The van der Waals surface area contributed by atoms with E-state index >= 15 is 0 Å². The molecule has 24 heavy (non-hydrogen) atoms. The van der Waals surface area contributed by atoms with Gasteiger partial charge >= 0.3 is 0 Å². The summed E-state index contributed by atoms with van der Waals surface area (Å²) in [6, 6.07) is 10.4. The quantitative estimate of drug-likeness (QED) is 0.891. The van der Waals surface area contributed by atoms with Crippen LogP contribution in [0.1, 0.15) is 54.2 Å². The molecule has 0 amide bonds. The van der Waals surface area contributed by atoms with Gasteiger partial charge in [0, 0.05) is 30.9 Å². The van der Waals surface area contributed by atoms with Crippen LogP contribution in [-0.2, 0) is 6.54 Å². The number of nitrogens with one attached hydrogen (secondary N) is 2. The molecule has 0 atom stereocenters. The topological polar surface area (TPSA) is 54.1 Å². The number of pyridine rings is 1. The molecule has 1 saturated carbocycles. The number of aromatic amines is 1. The normalized spacial score (nSPS) is 23.8. The minimum atomic E-state index is -0.0214. The lowest BCUT2D eigenvalue weighted by Gasteiger charge is -2.29. The zero-order chi connectivity index (χ0) is 16.4. The Labute approximate surface area is 142 Å². The molecule has 2 aliphatic rings. The highest BCUT2D eigenvalue weighted by atomic mass is 16.5. The monoisotopic (exact) mass is 324 g/mol. The van der Waals surface area contributed by atoms with Gasteiger partial charge in [0.25, 0.3) is 0 Å². The fraction of sp³-hybridized carbons (Fsp3) is 0.450. The maximum Gasteiger partial charge on any atom is 0.247 e. The number of benzene rings is 1. The Bertz CT molecular complexity index is 740. The molecule has 1 aromatic heterocycles.